The van der Waals surface area contributed by atoms with Crippen molar-refractivity contribution < 1.29 is 14.0 Å². The fourth-order valence-electron chi connectivity index (χ4n) is 4.85. The first-order valence-electron chi connectivity index (χ1n) is 12.1. The molecule has 1 aliphatic heterocycles. The van der Waals surface area contributed by atoms with Gasteiger partial charge in [0.25, 0.3) is 5.56 Å². The van der Waals surface area contributed by atoms with E-state index in [1.807, 2.05) is 17.5 Å². The van der Waals surface area contributed by atoms with Crippen LogP contribution in [-0.4, -0.2) is 38.1 Å². The first kappa shape index (κ1) is 23.3. The van der Waals surface area contributed by atoms with Crippen LogP contribution in [0.5, 0.6) is 0 Å². The summed E-state index contributed by atoms with van der Waals surface area (Å²) in [6, 6.07) is 11.2. The van der Waals surface area contributed by atoms with Crippen LogP contribution >= 0.6 is 11.3 Å². The molecule has 188 valence electrons. The van der Waals surface area contributed by atoms with E-state index in [9.17, 15) is 18.8 Å². The molecular weight excluding hydrogens is 495 g/mol. The van der Waals surface area contributed by atoms with Crippen LogP contribution in [0.4, 0.5) is 15.9 Å². The number of nitrogens with one attached hydrogen (secondary N) is 2. The molecule has 1 unspecified atom stereocenters. The summed E-state index contributed by atoms with van der Waals surface area (Å²) in [6.45, 7) is 0.177. The number of aryl methyl sites for hydroxylation is 1. The van der Waals surface area contributed by atoms with Crippen molar-refractivity contribution in [2.24, 2.45) is 5.92 Å². The Hall–Kier alpha value is -4.12. The number of anilines is 2. The second-order valence-electron chi connectivity index (χ2n) is 9.20. The number of hydrogen-bond acceptors (Lipinski definition) is 6. The highest BCUT2D eigenvalue weighted by atomic mass is 32.1. The number of benzene rings is 1. The summed E-state index contributed by atoms with van der Waals surface area (Å²) in [4.78, 5) is 48.6. The van der Waals surface area contributed by atoms with Gasteiger partial charge in [0.15, 0.2) is 0 Å². The van der Waals surface area contributed by atoms with Gasteiger partial charge in [-0.05, 0) is 61.4 Å². The molecular formula is C26H23FN6O3S. The molecule has 0 radical (unpaired) electrons. The molecule has 1 fully saturated rings. The molecule has 11 heteroatoms. The fourth-order valence-corrected chi connectivity index (χ4v) is 5.53. The van der Waals surface area contributed by atoms with Gasteiger partial charge in [-0.1, -0.05) is 6.07 Å². The Morgan fingerprint density at radius 2 is 1.95 bits per heavy atom. The summed E-state index contributed by atoms with van der Waals surface area (Å²) in [5.74, 6) is -0.980. The molecule has 4 heterocycles. The van der Waals surface area contributed by atoms with Crippen molar-refractivity contribution in [1.82, 2.24) is 19.7 Å². The molecule has 2 aliphatic rings. The van der Waals surface area contributed by atoms with E-state index in [2.05, 4.69) is 20.4 Å². The number of thiophene rings is 1. The number of hydrogen-bond donors (Lipinski definition) is 2. The van der Waals surface area contributed by atoms with Gasteiger partial charge in [-0.15, -0.1) is 11.3 Å². The minimum atomic E-state index is -0.610. The predicted octanol–water partition coefficient (Wildman–Crippen LogP) is 3.69. The number of rotatable bonds is 5. The maximum atomic E-state index is 13.3. The third-order valence-electron chi connectivity index (χ3n) is 6.75. The van der Waals surface area contributed by atoms with E-state index in [-0.39, 0.29) is 36.3 Å². The number of nitrogens with zero attached hydrogens (tertiary/aromatic N) is 4. The van der Waals surface area contributed by atoms with E-state index in [0.29, 0.717) is 29.2 Å². The van der Waals surface area contributed by atoms with E-state index in [0.717, 1.165) is 29.8 Å². The quantitative estimate of drug-likeness (QED) is 0.418. The third-order valence-corrected chi connectivity index (χ3v) is 7.64. The molecule has 0 saturated carbocycles. The van der Waals surface area contributed by atoms with Crippen molar-refractivity contribution in [3.05, 3.63) is 75.3 Å². The lowest BCUT2D eigenvalue weighted by molar-refractivity contribution is -0.122. The number of carbonyl (C=O) groups excluding carboxylic acids is 2. The van der Waals surface area contributed by atoms with E-state index >= 15 is 0 Å². The smallest absolute Gasteiger partial charge is 0.255 e. The Morgan fingerprint density at radius 3 is 2.73 bits per heavy atom. The number of amides is 2. The maximum Gasteiger partial charge on any atom is 0.255 e. The van der Waals surface area contributed by atoms with Gasteiger partial charge in [-0.25, -0.2) is 9.37 Å². The summed E-state index contributed by atoms with van der Waals surface area (Å²) in [6.07, 6.45) is 3.37. The number of fused-ring (bicyclic) bond motifs is 1. The highest BCUT2D eigenvalue weighted by molar-refractivity contribution is 7.13. The summed E-state index contributed by atoms with van der Waals surface area (Å²) >= 11 is 1.50. The van der Waals surface area contributed by atoms with Crippen molar-refractivity contribution in [3.8, 4) is 16.5 Å². The Kier molecular flexibility index (Phi) is 5.91. The van der Waals surface area contributed by atoms with Crippen LogP contribution in [0, 0.1) is 11.7 Å². The maximum absolute atomic E-state index is 13.3. The average Bonchev–Trinajstić information content (AvgIpc) is 3.65. The average molecular weight is 519 g/mol. The highest BCUT2D eigenvalue weighted by Gasteiger charge is 2.35. The van der Waals surface area contributed by atoms with Gasteiger partial charge in [0.05, 0.1) is 16.5 Å². The Bertz CT molecular complexity index is 1540. The lowest BCUT2D eigenvalue weighted by Crippen LogP contribution is -2.29. The number of H-pyrrole nitrogens is 1. The van der Waals surface area contributed by atoms with Gasteiger partial charge in [0.2, 0.25) is 17.8 Å². The number of aromatic nitrogens is 4. The molecule has 9 nitrogen and oxygen atoms in total. The molecule has 3 aromatic heterocycles. The normalized spacial score (nSPS) is 17.2. The molecule has 1 saturated heterocycles. The van der Waals surface area contributed by atoms with Gasteiger partial charge in [0, 0.05) is 30.3 Å². The zero-order valence-corrected chi connectivity index (χ0v) is 20.6. The molecule has 0 bridgehead atoms. The second-order valence-corrected chi connectivity index (χ2v) is 10.1. The van der Waals surface area contributed by atoms with Gasteiger partial charge in [-0.3, -0.25) is 19.4 Å². The second kappa shape index (κ2) is 9.40. The summed E-state index contributed by atoms with van der Waals surface area (Å²) in [5, 5.41) is 9.48. The van der Waals surface area contributed by atoms with Crippen LogP contribution in [0.2, 0.25) is 0 Å². The summed E-state index contributed by atoms with van der Waals surface area (Å²) < 4.78 is 14.8. The summed E-state index contributed by atoms with van der Waals surface area (Å²) in [7, 11) is 0. The van der Waals surface area contributed by atoms with Crippen molar-refractivity contribution >= 4 is 34.7 Å². The van der Waals surface area contributed by atoms with Crippen LogP contribution in [0.15, 0.2) is 52.6 Å². The molecule has 0 spiro atoms. The third kappa shape index (κ3) is 4.46. The minimum absolute atomic E-state index is 0.0308. The van der Waals surface area contributed by atoms with Crippen molar-refractivity contribution in [2.75, 3.05) is 16.8 Å². The van der Waals surface area contributed by atoms with Gasteiger partial charge < -0.3 is 10.2 Å². The SMILES string of the molecule is O=C(Nc1cc(-c2cccs2)nn1-c1nc2c(c(=O)[nH]1)CCCC2)C1CC(=O)N(c2ccc(F)cc2)C1. The van der Waals surface area contributed by atoms with Crippen LogP contribution in [0.3, 0.4) is 0 Å². The van der Waals surface area contributed by atoms with E-state index in [1.165, 1.54) is 45.2 Å². The van der Waals surface area contributed by atoms with Crippen molar-refractivity contribution in [3.63, 3.8) is 0 Å². The van der Waals surface area contributed by atoms with Gasteiger partial charge in [-0.2, -0.15) is 9.78 Å². The molecule has 6 rings (SSSR count). The topological polar surface area (TPSA) is 113 Å². The molecule has 4 aromatic rings. The minimum Gasteiger partial charge on any atom is -0.312 e. The van der Waals surface area contributed by atoms with Crippen LogP contribution in [-0.2, 0) is 22.4 Å². The first-order chi connectivity index (χ1) is 18.0. The first-order valence-corrected chi connectivity index (χ1v) is 13.0. The molecule has 2 N–H and O–H groups in total. The Morgan fingerprint density at radius 1 is 1.14 bits per heavy atom. The van der Waals surface area contributed by atoms with Crippen molar-refractivity contribution in [2.45, 2.75) is 32.1 Å². The molecule has 37 heavy (non-hydrogen) atoms. The van der Waals surface area contributed by atoms with E-state index in [1.54, 1.807) is 6.07 Å². The zero-order valence-electron chi connectivity index (χ0n) is 19.7. The molecule has 1 aromatic carbocycles. The zero-order chi connectivity index (χ0) is 25.5. The highest BCUT2D eigenvalue weighted by Crippen LogP contribution is 2.30. The number of aromatic amines is 1. The number of carbonyl (C=O) groups is 2. The van der Waals surface area contributed by atoms with Crippen LogP contribution in [0.25, 0.3) is 16.5 Å². The predicted molar refractivity (Wildman–Crippen MR) is 137 cm³/mol. The monoisotopic (exact) mass is 518 g/mol. The Balaban J connectivity index is 1.31. The number of halogens is 1. The van der Waals surface area contributed by atoms with Gasteiger partial charge >= 0.3 is 0 Å². The lowest BCUT2D eigenvalue weighted by Gasteiger charge is -2.17. The van der Waals surface area contributed by atoms with Crippen molar-refractivity contribution in [1.29, 1.82) is 0 Å². The molecule has 1 aliphatic carbocycles. The van der Waals surface area contributed by atoms with E-state index < -0.39 is 11.7 Å². The molecule has 1 atom stereocenters. The fraction of sp³-hybridized carbons (Fsp3) is 0.269. The van der Waals surface area contributed by atoms with Crippen LogP contribution < -0.4 is 15.8 Å². The van der Waals surface area contributed by atoms with Gasteiger partial charge in [0.1, 0.15) is 17.3 Å². The largest absolute Gasteiger partial charge is 0.312 e. The Labute approximate surface area is 215 Å². The molecule has 2 amide bonds. The van der Waals surface area contributed by atoms with Crippen LogP contribution in [0.1, 0.15) is 30.5 Å². The standard InChI is InChI=1S/C26H23FN6O3S/c27-16-7-9-17(10-8-16)32-14-15(12-23(32)34)24(35)29-22-13-20(21-6-3-11-37-21)31-33(22)26-28-19-5-2-1-4-18(19)25(36)30-26/h3,6-11,13,15H,1-2,4-5,12,14H2,(H,29,35)(H,28,30,36). The lowest BCUT2D eigenvalue weighted by atomic mass is 9.97. The summed E-state index contributed by atoms with van der Waals surface area (Å²) in [5.41, 5.74) is 2.44. The van der Waals surface area contributed by atoms with E-state index in [4.69, 9.17) is 0 Å².